The van der Waals surface area contributed by atoms with Crippen molar-refractivity contribution in [2.75, 3.05) is 0 Å². The highest BCUT2D eigenvalue weighted by molar-refractivity contribution is 5.89. The van der Waals surface area contributed by atoms with Crippen LogP contribution in [0.3, 0.4) is 0 Å². The van der Waals surface area contributed by atoms with Gasteiger partial charge in [0.15, 0.2) is 0 Å². The van der Waals surface area contributed by atoms with Crippen LogP contribution in [0.1, 0.15) is 33.1 Å². The van der Waals surface area contributed by atoms with E-state index in [0.29, 0.717) is 5.92 Å². The van der Waals surface area contributed by atoms with Crippen LogP contribution in [-0.4, -0.2) is 45.9 Å². The molecule has 0 spiro atoms. The van der Waals surface area contributed by atoms with Crippen LogP contribution in [0.4, 0.5) is 0 Å². The van der Waals surface area contributed by atoms with E-state index in [2.05, 4.69) is 19.2 Å². The number of epoxide rings is 1. The fraction of sp³-hybridized carbons (Fsp3) is 0.556. The number of aliphatic hydroxyl groups is 2. The number of nitrogens with one attached hydrogen (secondary N) is 1. The number of carbonyl (C=O) groups excluding carboxylic acids is 2. The Bertz CT molecular complexity index is 611. The first-order valence-electron chi connectivity index (χ1n) is 8.44. The largest absolute Gasteiger partial charge is 0.384 e. The molecule has 25 heavy (non-hydrogen) atoms. The van der Waals surface area contributed by atoms with Crippen molar-refractivity contribution >= 4 is 11.8 Å². The van der Waals surface area contributed by atoms with Crippen molar-refractivity contribution in [3.8, 4) is 0 Å². The molecule has 138 valence electrons. The summed E-state index contributed by atoms with van der Waals surface area (Å²) in [5.74, 6) is -0.409. The Morgan fingerprint density at radius 3 is 2.80 bits per heavy atom. The molecule has 4 unspecified atom stereocenters. The molecule has 0 aromatic heterocycles. The number of amides is 2. The van der Waals surface area contributed by atoms with Crippen LogP contribution in [0.25, 0.3) is 0 Å². The van der Waals surface area contributed by atoms with Crippen LogP contribution in [0.15, 0.2) is 36.1 Å². The standard InChI is InChI=1S/C18H26N2O5/c1-11(2)6-4-3-5-7-14(22)20-12-10-18(24,9-8-13(19)21)17-16(25-17)15(12)23/h3-5,7,10-11,15-17,23-24H,6,8-9H2,1-2H3,(H2,19,21)(H,20,22). The fourth-order valence-electron chi connectivity index (χ4n) is 2.78. The van der Waals surface area contributed by atoms with Gasteiger partial charge >= 0.3 is 0 Å². The molecule has 0 aromatic carbocycles. The van der Waals surface area contributed by atoms with Gasteiger partial charge in [-0.2, -0.15) is 0 Å². The maximum absolute atomic E-state index is 12.0. The highest BCUT2D eigenvalue weighted by Gasteiger charge is 2.60. The van der Waals surface area contributed by atoms with Gasteiger partial charge in [0.05, 0.1) is 0 Å². The minimum atomic E-state index is -1.43. The summed E-state index contributed by atoms with van der Waals surface area (Å²) in [7, 11) is 0. The third kappa shape index (κ3) is 5.26. The van der Waals surface area contributed by atoms with Crippen molar-refractivity contribution < 1.29 is 24.5 Å². The molecule has 1 aliphatic heterocycles. The molecule has 4 atom stereocenters. The number of carbonyl (C=O) groups is 2. The summed E-state index contributed by atoms with van der Waals surface area (Å²) in [4.78, 5) is 22.9. The molecule has 0 saturated carbocycles. The van der Waals surface area contributed by atoms with Gasteiger partial charge in [0.2, 0.25) is 11.8 Å². The number of rotatable bonds is 8. The highest BCUT2D eigenvalue weighted by Crippen LogP contribution is 2.44. The molecule has 1 heterocycles. The second-order valence-electron chi connectivity index (χ2n) is 6.93. The Morgan fingerprint density at radius 2 is 2.16 bits per heavy atom. The van der Waals surface area contributed by atoms with Crippen LogP contribution in [0.5, 0.6) is 0 Å². The van der Waals surface area contributed by atoms with E-state index in [-0.39, 0.29) is 18.5 Å². The van der Waals surface area contributed by atoms with Crippen molar-refractivity contribution in [2.24, 2.45) is 11.7 Å². The van der Waals surface area contributed by atoms with Crippen molar-refractivity contribution in [3.05, 3.63) is 36.1 Å². The van der Waals surface area contributed by atoms with E-state index in [0.717, 1.165) is 6.42 Å². The summed E-state index contributed by atoms with van der Waals surface area (Å²) >= 11 is 0. The van der Waals surface area contributed by atoms with Crippen molar-refractivity contribution in [1.29, 1.82) is 0 Å². The SMILES string of the molecule is CC(C)CC=CC=CC(=O)NC1=CC(O)(CCC(N)=O)C2OC2C1O. The number of fused-ring (bicyclic) bond motifs is 1. The number of primary amides is 1. The summed E-state index contributed by atoms with van der Waals surface area (Å²) < 4.78 is 5.30. The first-order valence-corrected chi connectivity index (χ1v) is 8.44. The Labute approximate surface area is 147 Å². The number of ether oxygens (including phenoxy) is 1. The molecule has 1 fully saturated rings. The zero-order valence-corrected chi connectivity index (χ0v) is 14.5. The quantitative estimate of drug-likeness (QED) is 0.284. The molecule has 2 rings (SSSR count). The fourth-order valence-corrected chi connectivity index (χ4v) is 2.78. The summed E-state index contributed by atoms with van der Waals surface area (Å²) in [6.07, 6.45) is 6.84. The molecule has 2 amide bonds. The van der Waals surface area contributed by atoms with Crippen LogP contribution in [-0.2, 0) is 14.3 Å². The van der Waals surface area contributed by atoms with Crippen LogP contribution < -0.4 is 11.1 Å². The Morgan fingerprint density at radius 1 is 1.44 bits per heavy atom. The first-order chi connectivity index (χ1) is 11.7. The predicted molar refractivity (Wildman–Crippen MR) is 92.0 cm³/mol. The smallest absolute Gasteiger partial charge is 0.248 e. The zero-order valence-electron chi connectivity index (χ0n) is 14.5. The molecule has 1 saturated heterocycles. The number of nitrogens with two attached hydrogens (primary N) is 1. The maximum atomic E-state index is 12.0. The lowest BCUT2D eigenvalue weighted by Crippen LogP contribution is -2.46. The Balaban J connectivity index is 1.98. The highest BCUT2D eigenvalue weighted by atomic mass is 16.6. The molecule has 1 aliphatic carbocycles. The van der Waals surface area contributed by atoms with Crippen LogP contribution in [0.2, 0.25) is 0 Å². The average Bonchev–Trinajstić information content (AvgIpc) is 3.32. The Kier molecular flexibility index (Phi) is 6.16. The van der Waals surface area contributed by atoms with Crippen molar-refractivity contribution in [1.82, 2.24) is 5.32 Å². The summed E-state index contributed by atoms with van der Waals surface area (Å²) in [6, 6.07) is 0. The van der Waals surface area contributed by atoms with E-state index >= 15 is 0 Å². The predicted octanol–water partition coefficient (Wildman–Crippen LogP) is 0.284. The van der Waals surface area contributed by atoms with E-state index in [1.54, 1.807) is 12.2 Å². The molecule has 0 bridgehead atoms. The van der Waals surface area contributed by atoms with Crippen LogP contribution >= 0.6 is 0 Å². The van der Waals surface area contributed by atoms with E-state index in [1.165, 1.54) is 12.2 Å². The van der Waals surface area contributed by atoms with Gasteiger partial charge in [-0.05, 0) is 24.8 Å². The van der Waals surface area contributed by atoms with Gasteiger partial charge in [0.25, 0.3) is 0 Å². The number of hydrogen-bond donors (Lipinski definition) is 4. The Hall–Kier alpha value is -1.96. The molecule has 7 nitrogen and oxygen atoms in total. The molecule has 7 heteroatoms. The lowest BCUT2D eigenvalue weighted by molar-refractivity contribution is -0.119. The molecular weight excluding hydrogens is 324 g/mol. The second-order valence-corrected chi connectivity index (χ2v) is 6.93. The molecule has 5 N–H and O–H groups in total. The van der Waals surface area contributed by atoms with Gasteiger partial charge in [-0.15, -0.1) is 0 Å². The monoisotopic (exact) mass is 350 g/mol. The lowest BCUT2D eigenvalue weighted by Gasteiger charge is -2.29. The van der Waals surface area contributed by atoms with E-state index in [4.69, 9.17) is 10.5 Å². The van der Waals surface area contributed by atoms with Gasteiger partial charge in [0.1, 0.15) is 23.9 Å². The van der Waals surface area contributed by atoms with E-state index in [9.17, 15) is 19.8 Å². The minimum Gasteiger partial charge on any atom is -0.384 e. The topological polar surface area (TPSA) is 125 Å². The lowest BCUT2D eigenvalue weighted by atomic mass is 9.84. The molecular formula is C18H26N2O5. The first kappa shape index (κ1) is 19.4. The summed E-state index contributed by atoms with van der Waals surface area (Å²) in [6.45, 7) is 4.20. The normalized spacial score (nSPS) is 31.2. The van der Waals surface area contributed by atoms with E-state index in [1.807, 2.05) is 6.08 Å². The van der Waals surface area contributed by atoms with Gasteiger partial charge < -0.3 is 26.0 Å². The number of allylic oxidation sites excluding steroid dienone is 3. The average molecular weight is 350 g/mol. The van der Waals surface area contributed by atoms with Gasteiger partial charge in [-0.25, -0.2) is 0 Å². The van der Waals surface area contributed by atoms with Gasteiger partial charge in [-0.3, -0.25) is 9.59 Å². The minimum absolute atomic E-state index is 0.0164. The summed E-state index contributed by atoms with van der Waals surface area (Å²) in [5, 5.41) is 23.4. The number of aliphatic hydroxyl groups excluding tert-OH is 1. The van der Waals surface area contributed by atoms with E-state index < -0.39 is 35.7 Å². The van der Waals surface area contributed by atoms with Crippen LogP contribution in [0, 0.1) is 5.92 Å². The maximum Gasteiger partial charge on any atom is 0.248 e. The zero-order chi connectivity index (χ0) is 18.6. The molecule has 0 aromatic rings. The van der Waals surface area contributed by atoms with Gasteiger partial charge in [0, 0.05) is 18.2 Å². The molecule has 2 aliphatic rings. The van der Waals surface area contributed by atoms with Crippen molar-refractivity contribution in [3.63, 3.8) is 0 Å². The van der Waals surface area contributed by atoms with Crippen molar-refractivity contribution in [2.45, 2.75) is 57.0 Å². The third-order valence-electron chi connectivity index (χ3n) is 4.20. The second kappa shape index (κ2) is 7.95. The number of hydrogen-bond acceptors (Lipinski definition) is 5. The summed E-state index contributed by atoms with van der Waals surface area (Å²) in [5.41, 5.74) is 3.87. The van der Waals surface area contributed by atoms with Gasteiger partial charge in [-0.1, -0.05) is 32.1 Å². The third-order valence-corrected chi connectivity index (χ3v) is 4.20. The molecule has 0 radical (unpaired) electrons.